The molecule has 0 fully saturated rings. The monoisotopic (exact) mass is 394 g/mol. The van der Waals surface area contributed by atoms with Gasteiger partial charge in [-0.1, -0.05) is 148 Å². The summed E-state index contributed by atoms with van der Waals surface area (Å²) in [5.41, 5.74) is 0. The zero-order valence-corrected chi connectivity index (χ0v) is 21.3. The second-order valence-electron chi connectivity index (χ2n) is 8.47. The first-order chi connectivity index (χ1) is 12.9. The van der Waals surface area contributed by atoms with Gasteiger partial charge in [0.05, 0.1) is 6.67 Å². The quantitative estimate of drug-likeness (QED) is 0.128. The molecule has 0 radical (unpaired) electrons. The Morgan fingerprint density at radius 1 is 0.370 bits per heavy atom. The van der Waals surface area contributed by atoms with Gasteiger partial charge in [0.25, 0.3) is 0 Å². The van der Waals surface area contributed by atoms with Crippen LogP contribution in [0.2, 0.25) is 0 Å². The second-order valence-corrected chi connectivity index (χ2v) is 8.47. The Balaban J connectivity index is -0.00000312. The Morgan fingerprint density at radius 2 is 0.556 bits per heavy atom. The Kier molecular flexibility index (Phi) is 32.5. The van der Waals surface area contributed by atoms with Crippen molar-refractivity contribution in [1.29, 1.82) is 0 Å². The summed E-state index contributed by atoms with van der Waals surface area (Å²) in [6.07, 6.45) is 31.9. The van der Waals surface area contributed by atoms with E-state index < -0.39 is 0 Å². The van der Waals surface area contributed by atoms with Crippen LogP contribution in [0.3, 0.4) is 0 Å². The molecular formula is C25H52FNa. The molecular weight excluding hydrogens is 342 g/mol. The molecule has 160 valence electrons. The minimum absolute atomic E-state index is 0. The van der Waals surface area contributed by atoms with Crippen LogP contribution in [0.5, 0.6) is 0 Å². The van der Waals surface area contributed by atoms with Crippen LogP contribution in [-0.2, 0) is 0 Å². The first-order valence-electron chi connectivity index (χ1n) is 12.5. The Hall–Kier alpha value is 0.930. The van der Waals surface area contributed by atoms with E-state index in [1.54, 1.807) is 0 Å². The molecule has 27 heavy (non-hydrogen) atoms. The fourth-order valence-electron chi connectivity index (χ4n) is 3.88. The van der Waals surface area contributed by atoms with Crippen LogP contribution >= 0.6 is 0 Å². The van der Waals surface area contributed by atoms with E-state index >= 15 is 0 Å². The van der Waals surface area contributed by atoms with Crippen LogP contribution in [0.4, 0.5) is 4.39 Å². The third kappa shape index (κ3) is 29.2. The second kappa shape index (κ2) is 29.1. The smallest absolute Gasteiger partial charge is 1.00 e. The third-order valence-corrected chi connectivity index (χ3v) is 5.74. The van der Waals surface area contributed by atoms with Gasteiger partial charge in [-0.15, -0.1) is 0 Å². The van der Waals surface area contributed by atoms with Crippen LogP contribution < -0.4 is 29.6 Å². The van der Waals surface area contributed by atoms with E-state index in [1.165, 1.54) is 135 Å². The minimum atomic E-state index is -0.126. The average molecular weight is 395 g/mol. The van der Waals surface area contributed by atoms with Crippen molar-refractivity contribution in [3.05, 3.63) is 0 Å². The summed E-state index contributed by atoms with van der Waals surface area (Å²) in [5.74, 6) is 0. The summed E-state index contributed by atoms with van der Waals surface area (Å²) in [4.78, 5) is 0. The standard InChI is InChI=1S/C25H51F.Na.H/c1-2-3-4-5-6-7-8-9-10-11-12-13-14-15-16-17-18-19-20-21-22-23-24-25-26;;/h2-25H2,1H3;;/q;+1;-1. The van der Waals surface area contributed by atoms with Crippen molar-refractivity contribution in [2.75, 3.05) is 6.67 Å². The van der Waals surface area contributed by atoms with Crippen LogP contribution in [0.15, 0.2) is 0 Å². The molecule has 0 unspecified atom stereocenters. The van der Waals surface area contributed by atoms with Gasteiger partial charge in [0.15, 0.2) is 0 Å². The predicted octanol–water partition coefficient (Wildman–Crippen LogP) is 7.06. The molecule has 0 saturated carbocycles. The van der Waals surface area contributed by atoms with Crippen LogP contribution in [0.1, 0.15) is 156 Å². The third-order valence-electron chi connectivity index (χ3n) is 5.74. The van der Waals surface area contributed by atoms with Gasteiger partial charge < -0.3 is 1.43 Å². The summed E-state index contributed by atoms with van der Waals surface area (Å²) in [7, 11) is 0. The van der Waals surface area contributed by atoms with Crippen molar-refractivity contribution in [3.63, 3.8) is 0 Å². The summed E-state index contributed by atoms with van der Waals surface area (Å²) in [5, 5.41) is 0. The first-order valence-corrected chi connectivity index (χ1v) is 12.5. The van der Waals surface area contributed by atoms with Crippen molar-refractivity contribution in [3.8, 4) is 0 Å². The van der Waals surface area contributed by atoms with Crippen molar-refractivity contribution in [2.45, 2.75) is 155 Å². The summed E-state index contributed by atoms with van der Waals surface area (Å²) in [6.45, 7) is 2.17. The van der Waals surface area contributed by atoms with E-state index in [0.29, 0.717) is 0 Å². The number of halogens is 1. The van der Waals surface area contributed by atoms with E-state index in [9.17, 15) is 4.39 Å². The summed E-state index contributed by atoms with van der Waals surface area (Å²) < 4.78 is 11.9. The van der Waals surface area contributed by atoms with E-state index in [0.717, 1.165) is 12.8 Å². The number of hydrogen-bond acceptors (Lipinski definition) is 0. The molecule has 0 N–H and O–H groups in total. The van der Waals surface area contributed by atoms with Gasteiger partial charge in [0, 0.05) is 0 Å². The molecule has 0 aromatic heterocycles. The maximum absolute atomic E-state index is 11.9. The molecule has 0 bridgehead atoms. The Morgan fingerprint density at radius 3 is 0.741 bits per heavy atom. The van der Waals surface area contributed by atoms with Crippen molar-refractivity contribution < 1.29 is 35.4 Å². The molecule has 0 aromatic rings. The first kappa shape index (κ1) is 30.1. The van der Waals surface area contributed by atoms with Gasteiger partial charge in [-0.2, -0.15) is 0 Å². The molecule has 0 aliphatic heterocycles. The number of hydrogen-bond donors (Lipinski definition) is 0. The fraction of sp³-hybridized carbons (Fsp3) is 1.00. The summed E-state index contributed by atoms with van der Waals surface area (Å²) >= 11 is 0. The fourth-order valence-corrected chi connectivity index (χ4v) is 3.88. The number of alkyl halides is 1. The predicted molar refractivity (Wildman–Crippen MR) is 119 cm³/mol. The zero-order chi connectivity index (χ0) is 19.0. The molecule has 0 atom stereocenters. The van der Waals surface area contributed by atoms with Crippen LogP contribution in [-0.4, -0.2) is 6.67 Å². The van der Waals surface area contributed by atoms with Crippen molar-refractivity contribution in [1.82, 2.24) is 0 Å². The molecule has 0 spiro atoms. The van der Waals surface area contributed by atoms with E-state index in [1.807, 2.05) is 0 Å². The molecule has 0 rings (SSSR count). The van der Waals surface area contributed by atoms with Crippen molar-refractivity contribution in [2.24, 2.45) is 0 Å². The van der Waals surface area contributed by atoms with Gasteiger partial charge >= 0.3 is 29.6 Å². The Labute approximate surface area is 196 Å². The minimum Gasteiger partial charge on any atom is -1.00 e. The van der Waals surface area contributed by atoms with Gasteiger partial charge in [0.2, 0.25) is 0 Å². The molecule has 0 aromatic carbocycles. The summed E-state index contributed by atoms with van der Waals surface area (Å²) in [6, 6.07) is 0. The van der Waals surface area contributed by atoms with Gasteiger partial charge in [-0.3, -0.25) is 4.39 Å². The van der Waals surface area contributed by atoms with Crippen LogP contribution in [0, 0.1) is 0 Å². The Bertz CT molecular complexity index is 215. The molecule has 0 aliphatic rings. The topological polar surface area (TPSA) is 0 Å². The van der Waals surface area contributed by atoms with Crippen LogP contribution in [0.25, 0.3) is 0 Å². The molecule has 0 nitrogen and oxygen atoms in total. The number of rotatable bonds is 23. The van der Waals surface area contributed by atoms with Gasteiger partial charge in [-0.25, -0.2) is 0 Å². The van der Waals surface area contributed by atoms with Crippen molar-refractivity contribution >= 4 is 0 Å². The maximum atomic E-state index is 11.9. The van der Waals surface area contributed by atoms with Gasteiger partial charge in [0.1, 0.15) is 0 Å². The maximum Gasteiger partial charge on any atom is 1.00 e. The molecule has 0 aliphatic carbocycles. The molecule has 0 heterocycles. The average Bonchev–Trinajstić information content (AvgIpc) is 2.66. The molecule has 2 heteroatoms. The normalized spacial score (nSPS) is 10.9. The van der Waals surface area contributed by atoms with E-state index in [2.05, 4.69) is 6.92 Å². The SMILES string of the molecule is CCCCCCCCCCCCCCCCCCCCCCCCCF.[H-].[Na+]. The zero-order valence-electron chi connectivity index (χ0n) is 20.3. The van der Waals surface area contributed by atoms with Gasteiger partial charge in [-0.05, 0) is 6.42 Å². The number of unbranched alkanes of at least 4 members (excludes halogenated alkanes) is 22. The van der Waals surface area contributed by atoms with E-state index in [-0.39, 0.29) is 37.7 Å². The largest absolute Gasteiger partial charge is 1.00 e. The molecule has 0 saturated heterocycles. The van der Waals surface area contributed by atoms with E-state index in [4.69, 9.17) is 0 Å². The molecule has 0 amide bonds.